The average molecular weight is 534 g/mol. The zero-order chi connectivity index (χ0) is 28.3. The third-order valence-corrected chi connectivity index (χ3v) is 6.16. The van der Waals surface area contributed by atoms with Crippen LogP contribution in [0.3, 0.4) is 0 Å². The van der Waals surface area contributed by atoms with Gasteiger partial charge >= 0.3 is 0 Å². The van der Waals surface area contributed by atoms with Crippen LogP contribution >= 0.6 is 0 Å². The molecule has 5 N–H and O–H groups in total. The number of nitrogens with one attached hydrogen (secondary N) is 3. The highest BCUT2D eigenvalue weighted by atomic mass is 19.1. The predicted octanol–water partition coefficient (Wildman–Crippen LogP) is 4.72. The lowest BCUT2D eigenvalue weighted by Crippen LogP contribution is -2.35. The molecule has 3 aromatic carbocycles. The smallest absolute Gasteiger partial charge is 0.254 e. The molecule has 0 fully saturated rings. The van der Waals surface area contributed by atoms with Crippen LogP contribution in [0.4, 0.5) is 27.1 Å². The van der Waals surface area contributed by atoms with Crippen LogP contribution in [-0.4, -0.2) is 22.2 Å². The van der Waals surface area contributed by atoms with E-state index < -0.39 is 28.8 Å². The molecule has 1 unspecified atom stereocenters. The van der Waals surface area contributed by atoms with Crippen molar-refractivity contribution in [2.75, 3.05) is 21.1 Å². The number of halogens is 1. The maximum atomic E-state index is 15.2. The second-order valence-electron chi connectivity index (χ2n) is 8.71. The molecule has 1 aliphatic rings. The minimum absolute atomic E-state index is 0.0655. The molecule has 0 aliphatic carbocycles. The molecule has 0 saturated carbocycles. The van der Waals surface area contributed by atoms with Crippen LogP contribution in [0, 0.1) is 16.2 Å². The van der Waals surface area contributed by atoms with Crippen LogP contribution in [0.25, 0.3) is 0 Å². The summed E-state index contributed by atoms with van der Waals surface area (Å²) in [5.74, 6) is -2.96. The Bertz CT molecular complexity index is 1360. The topological polar surface area (TPSA) is 163 Å². The summed E-state index contributed by atoms with van der Waals surface area (Å²) in [4.78, 5) is 27.1. The Hall–Kier alpha value is -4.75. The minimum Gasteiger partial charge on any atom is -0.769 e. The Morgan fingerprint density at radius 2 is 1.26 bits per heavy atom. The van der Waals surface area contributed by atoms with Gasteiger partial charge in [-0.05, 0) is 68.4 Å². The van der Waals surface area contributed by atoms with E-state index >= 15 is 4.39 Å². The molecular formula is C27H24FN5O6-2. The van der Waals surface area contributed by atoms with Crippen molar-refractivity contribution in [2.24, 2.45) is 0 Å². The van der Waals surface area contributed by atoms with Crippen molar-refractivity contribution in [2.45, 2.75) is 19.8 Å². The molecule has 0 radical (unpaired) electrons. The molecule has 1 aliphatic heterocycles. The van der Waals surface area contributed by atoms with Crippen molar-refractivity contribution in [3.8, 4) is 0 Å². The van der Waals surface area contributed by atoms with Crippen LogP contribution < -0.4 is 26.4 Å². The van der Waals surface area contributed by atoms with Gasteiger partial charge in [0.05, 0.1) is 11.6 Å². The van der Waals surface area contributed by atoms with Crippen molar-refractivity contribution in [1.82, 2.24) is 5.32 Å². The Kier molecular flexibility index (Phi) is 7.93. The summed E-state index contributed by atoms with van der Waals surface area (Å²) in [6, 6.07) is 16.7. The molecule has 202 valence electrons. The summed E-state index contributed by atoms with van der Waals surface area (Å²) in [5, 5.41) is 48.0. The molecule has 2 amide bonds. The Morgan fingerprint density at radius 1 is 0.795 bits per heavy atom. The molecule has 0 aromatic heterocycles. The summed E-state index contributed by atoms with van der Waals surface area (Å²) in [6.45, 7) is 3.26. The lowest BCUT2D eigenvalue weighted by Gasteiger charge is -2.37. The Morgan fingerprint density at radius 3 is 1.69 bits per heavy atom. The number of hydrogen-bond donors (Lipinski definition) is 5. The van der Waals surface area contributed by atoms with Crippen molar-refractivity contribution in [1.29, 1.82) is 0 Å². The maximum Gasteiger partial charge on any atom is 0.254 e. The minimum atomic E-state index is -1.10. The number of benzene rings is 3. The number of allylic oxidation sites excluding steroid dienone is 2. The van der Waals surface area contributed by atoms with E-state index in [0.717, 1.165) is 0 Å². The lowest BCUT2D eigenvalue weighted by atomic mass is 9.79. The Labute approximate surface area is 222 Å². The lowest BCUT2D eigenvalue weighted by molar-refractivity contribution is -0.113. The van der Waals surface area contributed by atoms with Gasteiger partial charge in [0.15, 0.2) is 0 Å². The summed E-state index contributed by atoms with van der Waals surface area (Å²) < 4.78 is 15.2. The largest absolute Gasteiger partial charge is 0.769 e. The molecular weight excluding hydrogens is 509 g/mol. The second kappa shape index (κ2) is 11.3. The van der Waals surface area contributed by atoms with Gasteiger partial charge in [0.25, 0.3) is 11.8 Å². The Balaban J connectivity index is 1.71. The number of dihydropyridines is 1. The molecule has 0 bridgehead atoms. The normalized spacial score (nSPS) is 15.0. The van der Waals surface area contributed by atoms with Gasteiger partial charge in [-0.25, -0.2) is 4.39 Å². The van der Waals surface area contributed by atoms with E-state index in [-0.39, 0.29) is 39.0 Å². The molecule has 39 heavy (non-hydrogen) atoms. The van der Waals surface area contributed by atoms with Gasteiger partial charge in [0, 0.05) is 45.2 Å². The highest BCUT2D eigenvalue weighted by molar-refractivity contribution is 6.12. The first-order chi connectivity index (χ1) is 18.6. The molecule has 1 heterocycles. The third-order valence-electron chi connectivity index (χ3n) is 6.16. The zero-order valence-electron chi connectivity index (χ0n) is 20.8. The van der Waals surface area contributed by atoms with Gasteiger partial charge in [-0.15, -0.1) is 5.23 Å². The highest BCUT2D eigenvalue weighted by Gasteiger charge is 2.37. The van der Waals surface area contributed by atoms with Crippen LogP contribution in [0.5, 0.6) is 0 Å². The summed E-state index contributed by atoms with van der Waals surface area (Å²) in [5.41, 5.74) is 1.59. The molecule has 1 atom stereocenters. The van der Waals surface area contributed by atoms with Gasteiger partial charge in [-0.1, -0.05) is 18.2 Å². The van der Waals surface area contributed by atoms with Crippen molar-refractivity contribution < 1.29 is 24.4 Å². The molecule has 3 aromatic rings. The quantitative estimate of drug-likeness (QED) is 0.270. The van der Waals surface area contributed by atoms with E-state index in [9.17, 15) is 20.0 Å². The first-order valence-corrected chi connectivity index (χ1v) is 11.6. The van der Waals surface area contributed by atoms with Gasteiger partial charge < -0.3 is 31.6 Å². The number of hydrogen-bond acceptors (Lipinski definition) is 9. The third kappa shape index (κ3) is 5.89. The van der Waals surface area contributed by atoms with Crippen molar-refractivity contribution in [3.63, 3.8) is 0 Å². The van der Waals surface area contributed by atoms with Gasteiger partial charge in [0.2, 0.25) is 0 Å². The fourth-order valence-electron chi connectivity index (χ4n) is 4.36. The van der Waals surface area contributed by atoms with Crippen LogP contribution in [0.2, 0.25) is 0 Å². The molecule has 11 nitrogen and oxygen atoms in total. The predicted molar refractivity (Wildman–Crippen MR) is 143 cm³/mol. The SMILES string of the molecule is CC1=C(C(=O)Nc2ccc(N([O-])[O-])cc2)C(c2ccccc2F)C(C(=O)Nc2ccc(N(O)O)cc2)=C(C)N1. The van der Waals surface area contributed by atoms with E-state index in [2.05, 4.69) is 16.0 Å². The van der Waals surface area contributed by atoms with Crippen molar-refractivity contribution >= 4 is 34.6 Å². The van der Waals surface area contributed by atoms with Gasteiger partial charge in [-0.3, -0.25) is 20.0 Å². The first-order valence-electron chi connectivity index (χ1n) is 11.6. The standard InChI is InChI=1S/C27H24FN5O6/c1-15-23(26(34)30-17-7-11-19(12-8-17)32(36)37)25(21-5-3-4-6-22(21)28)24(16(2)29-15)27(35)31-18-9-13-20(14-10-18)33(38)39/h3-14,25,29,36-37H,1-2H3,(H,30,34)(H,31,35)/q-2. The maximum absolute atomic E-state index is 15.2. The summed E-state index contributed by atoms with van der Waals surface area (Å²) >= 11 is 0. The van der Waals surface area contributed by atoms with Crippen LogP contribution in [0.15, 0.2) is 95.3 Å². The van der Waals surface area contributed by atoms with Gasteiger partial charge in [0.1, 0.15) is 5.82 Å². The second-order valence-corrected chi connectivity index (χ2v) is 8.71. The highest BCUT2D eigenvalue weighted by Crippen LogP contribution is 2.40. The van der Waals surface area contributed by atoms with Gasteiger partial charge in [-0.2, -0.15) is 0 Å². The van der Waals surface area contributed by atoms with E-state index in [1.807, 2.05) is 0 Å². The number of nitrogens with zero attached hydrogens (tertiary/aromatic N) is 2. The number of carbonyl (C=O) groups is 2. The number of amides is 2. The van der Waals surface area contributed by atoms with E-state index in [0.29, 0.717) is 17.1 Å². The van der Waals surface area contributed by atoms with Crippen molar-refractivity contribution in [3.05, 3.63) is 117 Å². The number of carbonyl (C=O) groups excluding carboxylic acids is 2. The van der Waals surface area contributed by atoms with E-state index in [1.165, 1.54) is 66.7 Å². The molecule has 0 saturated heterocycles. The number of rotatable bonds is 7. The molecule has 12 heteroatoms. The zero-order valence-corrected chi connectivity index (χ0v) is 20.8. The van der Waals surface area contributed by atoms with Crippen LogP contribution in [0.1, 0.15) is 25.3 Å². The fraction of sp³-hybridized carbons (Fsp3) is 0.111. The first kappa shape index (κ1) is 27.3. The fourth-order valence-corrected chi connectivity index (χ4v) is 4.36. The monoisotopic (exact) mass is 533 g/mol. The van der Waals surface area contributed by atoms with E-state index in [4.69, 9.17) is 10.4 Å². The number of anilines is 4. The summed E-state index contributed by atoms with van der Waals surface area (Å²) in [6.07, 6.45) is 0. The van der Waals surface area contributed by atoms with E-state index in [1.54, 1.807) is 19.9 Å². The van der Waals surface area contributed by atoms with Crippen LogP contribution in [-0.2, 0) is 9.59 Å². The average Bonchev–Trinajstić information content (AvgIpc) is 2.89. The summed E-state index contributed by atoms with van der Waals surface area (Å²) in [7, 11) is 0. The molecule has 0 spiro atoms. The molecule has 4 rings (SSSR count).